The maximum absolute atomic E-state index is 14.0. The van der Waals surface area contributed by atoms with Gasteiger partial charge in [-0.15, -0.1) is 0 Å². The van der Waals surface area contributed by atoms with Crippen LogP contribution in [-0.2, 0) is 20.7 Å². The molecule has 0 spiro atoms. The van der Waals surface area contributed by atoms with E-state index in [-0.39, 0.29) is 30.4 Å². The monoisotopic (exact) mass is 527 g/mol. The van der Waals surface area contributed by atoms with E-state index in [4.69, 9.17) is 4.74 Å². The SMILES string of the molecule is CCCCCNC(=O)C(c1ccc(O)cc1)N(CC)C(=O)C(Cc1ccc(O)cc1)NC(=O)OC(C)(C)C. The van der Waals surface area contributed by atoms with Gasteiger partial charge in [-0.1, -0.05) is 44.0 Å². The van der Waals surface area contributed by atoms with Gasteiger partial charge in [0.1, 0.15) is 29.2 Å². The molecular formula is C29H41N3O6. The zero-order chi connectivity index (χ0) is 28.3. The Bertz CT molecular complexity index is 1050. The van der Waals surface area contributed by atoms with Crippen molar-refractivity contribution in [2.24, 2.45) is 0 Å². The molecule has 0 aliphatic heterocycles. The van der Waals surface area contributed by atoms with Gasteiger partial charge in [-0.25, -0.2) is 4.79 Å². The van der Waals surface area contributed by atoms with Crippen molar-refractivity contribution in [3.63, 3.8) is 0 Å². The minimum Gasteiger partial charge on any atom is -0.508 e. The molecule has 208 valence electrons. The van der Waals surface area contributed by atoms with Crippen LogP contribution in [0.25, 0.3) is 0 Å². The van der Waals surface area contributed by atoms with Crippen LogP contribution in [0.15, 0.2) is 48.5 Å². The van der Waals surface area contributed by atoms with E-state index >= 15 is 0 Å². The minimum absolute atomic E-state index is 0.0435. The molecule has 0 heterocycles. The quantitative estimate of drug-likeness (QED) is 0.302. The van der Waals surface area contributed by atoms with E-state index in [2.05, 4.69) is 17.6 Å². The highest BCUT2D eigenvalue weighted by molar-refractivity contribution is 5.92. The van der Waals surface area contributed by atoms with Gasteiger partial charge in [0.25, 0.3) is 0 Å². The molecule has 9 nitrogen and oxygen atoms in total. The van der Waals surface area contributed by atoms with Gasteiger partial charge in [0.15, 0.2) is 0 Å². The molecule has 2 atom stereocenters. The number of alkyl carbamates (subject to hydrolysis) is 1. The minimum atomic E-state index is -1.04. The third-order valence-corrected chi connectivity index (χ3v) is 5.84. The van der Waals surface area contributed by atoms with Gasteiger partial charge in [-0.2, -0.15) is 0 Å². The van der Waals surface area contributed by atoms with Crippen molar-refractivity contribution < 1.29 is 29.3 Å². The molecule has 9 heteroatoms. The van der Waals surface area contributed by atoms with E-state index in [0.717, 1.165) is 19.3 Å². The Kier molecular flexibility index (Phi) is 11.4. The third-order valence-electron chi connectivity index (χ3n) is 5.84. The van der Waals surface area contributed by atoms with Crippen molar-refractivity contribution in [3.05, 3.63) is 59.7 Å². The molecule has 0 aromatic heterocycles. The molecule has 0 aliphatic carbocycles. The Hall–Kier alpha value is -3.75. The molecule has 0 saturated carbocycles. The number of benzene rings is 2. The molecule has 2 aromatic rings. The predicted molar refractivity (Wildman–Crippen MR) is 146 cm³/mol. The van der Waals surface area contributed by atoms with E-state index in [1.54, 1.807) is 52.0 Å². The Morgan fingerprint density at radius 3 is 2.03 bits per heavy atom. The number of amides is 3. The van der Waals surface area contributed by atoms with E-state index < -0.39 is 29.7 Å². The summed E-state index contributed by atoms with van der Waals surface area (Å²) in [5.41, 5.74) is 0.471. The molecule has 0 aliphatic rings. The van der Waals surface area contributed by atoms with Gasteiger partial charge in [-0.05, 0) is 69.5 Å². The van der Waals surface area contributed by atoms with Gasteiger partial charge in [-0.3, -0.25) is 9.59 Å². The molecular weight excluding hydrogens is 486 g/mol. The number of phenolic OH excluding ortho intramolecular Hbond substituents is 2. The van der Waals surface area contributed by atoms with Crippen LogP contribution in [0.2, 0.25) is 0 Å². The normalized spacial score (nSPS) is 12.8. The Morgan fingerprint density at radius 1 is 0.921 bits per heavy atom. The van der Waals surface area contributed by atoms with Crippen LogP contribution in [0.5, 0.6) is 11.5 Å². The highest BCUT2D eigenvalue weighted by Gasteiger charge is 2.35. The maximum Gasteiger partial charge on any atom is 0.408 e. The first-order chi connectivity index (χ1) is 17.9. The van der Waals surface area contributed by atoms with Crippen LogP contribution in [0.1, 0.15) is 71.0 Å². The summed E-state index contributed by atoms with van der Waals surface area (Å²) < 4.78 is 5.40. The second-order valence-corrected chi connectivity index (χ2v) is 10.2. The van der Waals surface area contributed by atoms with Crippen LogP contribution in [0.3, 0.4) is 0 Å². The van der Waals surface area contributed by atoms with Gasteiger partial charge in [0, 0.05) is 19.5 Å². The number of ether oxygens (including phenoxy) is 1. The van der Waals surface area contributed by atoms with Gasteiger partial charge < -0.3 is 30.5 Å². The topological polar surface area (TPSA) is 128 Å². The average molecular weight is 528 g/mol. The zero-order valence-corrected chi connectivity index (χ0v) is 23.0. The lowest BCUT2D eigenvalue weighted by molar-refractivity contribution is -0.142. The van der Waals surface area contributed by atoms with Crippen LogP contribution >= 0.6 is 0 Å². The molecule has 0 radical (unpaired) electrons. The highest BCUT2D eigenvalue weighted by atomic mass is 16.6. The number of nitrogens with zero attached hydrogens (tertiary/aromatic N) is 1. The molecule has 2 rings (SSSR count). The first kappa shape index (κ1) is 30.5. The first-order valence-corrected chi connectivity index (χ1v) is 13.1. The summed E-state index contributed by atoms with van der Waals surface area (Å²) in [6.45, 7) is 9.68. The number of rotatable bonds is 12. The lowest BCUT2D eigenvalue weighted by Crippen LogP contribution is -2.53. The highest BCUT2D eigenvalue weighted by Crippen LogP contribution is 2.25. The van der Waals surface area contributed by atoms with Crippen molar-refractivity contribution in [1.82, 2.24) is 15.5 Å². The Labute approximate surface area is 225 Å². The molecule has 3 amide bonds. The molecule has 0 saturated heterocycles. The standard InChI is InChI=1S/C29H41N3O6/c1-6-8-9-18-30-26(35)25(21-12-16-23(34)17-13-21)32(7-2)27(36)24(31-28(37)38-29(3,4)5)19-20-10-14-22(33)15-11-20/h10-17,24-25,33-34H,6-9,18-19H2,1-5H3,(H,30,35)(H,31,37). The fourth-order valence-electron chi connectivity index (χ4n) is 4.00. The smallest absolute Gasteiger partial charge is 0.408 e. The van der Waals surface area contributed by atoms with Gasteiger partial charge in [0.05, 0.1) is 0 Å². The number of carbonyl (C=O) groups is 3. The number of aromatic hydroxyl groups is 2. The van der Waals surface area contributed by atoms with Gasteiger partial charge in [0.2, 0.25) is 11.8 Å². The van der Waals surface area contributed by atoms with Crippen molar-refractivity contribution >= 4 is 17.9 Å². The number of hydrogen-bond donors (Lipinski definition) is 4. The maximum atomic E-state index is 14.0. The molecule has 2 aromatic carbocycles. The summed E-state index contributed by atoms with van der Waals surface area (Å²) in [4.78, 5) is 41.5. The predicted octanol–water partition coefficient (Wildman–Crippen LogP) is 4.43. The zero-order valence-electron chi connectivity index (χ0n) is 23.0. The fraction of sp³-hybridized carbons (Fsp3) is 0.483. The second kappa shape index (κ2) is 14.3. The van der Waals surface area contributed by atoms with Crippen LogP contribution < -0.4 is 10.6 Å². The summed E-state index contributed by atoms with van der Waals surface area (Å²) in [5.74, 6) is -0.683. The fourth-order valence-corrected chi connectivity index (χ4v) is 4.00. The second-order valence-electron chi connectivity index (χ2n) is 10.2. The molecule has 2 unspecified atom stereocenters. The molecule has 38 heavy (non-hydrogen) atoms. The lowest BCUT2D eigenvalue weighted by atomic mass is 10.00. The summed E-state index contributed by atoms with van der Waals surface area (Å²) in [5, 5.41) is 25.1. The summed E-state index contributed by atoms with van der Waals surface area (Å²) in [6.07, 6.45) is 2.15. The van der Waals surface area contributed by atoms with Gasteiger partial charge >= 0.3 is 6.09 Å². The van der Waals surface area contributed by atoms with E-state index in [9.17, 15) is 24.6 Å². The summed E-state index contributed by atoms with van der Waals surface area (Å²) in [6, 6.07) is 10.5. The van der Waals surface area contributed by atoms with E-state index in [0.29, 0.717) is 17.7 Å². The van der Waals surface area contributed by atoms with E-state index in [1.165, 1.54) is 29.2 Å². The third kappa shape index (κ3) is 9.61. The van der Waals surface area contributed by atoms with E-state index in [1.807, 2.05) is 0 Å². The molecule has 0 fully saturated rings. The largest absolute Gasteiger partial charge is 0.508 e. The average Bonchev–Trinajstić information content (AvgIpc) is 2.85. The van der Waals surface area contributed by atoms with Crippen molar-refractivity contribution in [2.75, 3.05) is 13.1 Å². The molecule has 4 N–H and O–H groups in total. The number of nitrogens with one attached hydrogen (secondary N) is 2. The molecule has 0 bridgehead atoms. The van der Waals surface area contributed by atoms with Crippen molar-refractivity contribution in [1.29, 1.82) is 0 Å². The van der Waals surface area contributed by atoms with Crippen molar-refractivity contribution in [3.8, 4) is 11.5 Å². The lowest BCUT2D eigenvalue weighted by Gasteiger charge is -2.34. The number of carbonyl (C=O) groups excluding carboxylic acids is 3. The van der Waals surface area contributed by atoms with Crippen molar-refractivity contribution in [2.45, 2.75) is 78.0 Å². The van der Waals surface area contributed by atoms with Crippen LogP contribution in [0.4, 0.5) is 4.79 Å². The van der Waals surface area contributed by atoms with Crippen LogP contribution in [0, 0.1) is 0 Å². The van der Waals surface area contributed by atoms with Crippen LogP contribution in [-0.4, -0.2) is 57.8 Å². The Morgan fingerprint density at radius 2 is 1.50 bits per heavy atom. The number of phenols is 2. The number of hydrogen-bond acceptors (Lipinski definition) is 6. The first-order valence-electron chi connectivity index (χ1n) is 13.1. The Balaban J connectivity index is 2.41. The summed E-state index contributed by atoms with van der Waals surface area (Å²) >= 11 is 0. The number of unbranched alkanes of at least 4 members (excludes halogenated alkanes) is 2. The number of likely N-dealkylation sites (N-methyl/N-ethyl adjacent to an activating group) is 1. The summed E-state index contributed by atoms with van der Waals surface area (Å²) in [7, 11) is 0.